The maximum Gasteiger partial charge on any atom is 0.416 e. The Hall–Kier alpha value is -2.35. The fourth-order valence-electron chi connectivity index (χ4n) is 3.73. The summed E-state index contributed by atoms with van der Waals surface area (Å²) >= 11 is 0. The molecule has 152 valence electrons. The van der Waals surface area contributed by atoms with Gasteiger partial charge in [-0.25, -0.2) is 4.98 Å². The summed E-state index contributed by atoms with van der Waals surface area (Å²) in [5.74, 6) is 0.546. The van der Waals surface area contributed by atoms with Gasteiger partial charge >= 0.3 is 6.18 Å². The Balaban J connectivity index is 1.50. The average molecular weight is 394 g/mol. The first-order valence-corrected chi connectivity index (χ1v) is 9.46. The summed E-state index contributed by atoms with van der Waals surface area (Å²) in [6.07, 6.45) is 1.51. The molecule has 1 N–H and O–H groups in total. The van der Waals surface area contributed by atoms with Crippen molar-refractivity contribution < 1.29 is 18.0 Å². The summed E-state index contributed by atoms with van der Waals surface area (Å²) < 4.78 is 38.6. The van der Waals surface area contributed by atoms with E-state index >= 15 is 0 Å². The highest BCUT2D eigenvalue weighted by Crippen LogP contribution is 2.29. The molecule has 1 atom stereocenters. The number of amides is 1. The first kappa shape index (κ1) is 20.4. The van der Waals surface area contributed by atoms with Gasteiger partial charge in [0.05, 0.1) is 5.56 Å². The second-order valence-electron chi connectivity index (χ2n) is 7.38. The second kappa shape index (κ2) is 8.77. The number of carbonyl (C=O) groups is 1. The average Bonchev–Trinajstić information content (AvgIpc) is 3.20. The summed E-state index contributed by atoms with van der Waals surface area (Å²) in [7, 11) is 1.77. The molecule has 0 radical (unpaired) electrons. The molecule has 1 saturated heterocycles. The number of piperidine rings is 1. The standard InChI is InChI=1S/C20H25F3N4O/c1-26(19(28)18-24-8-9-25-18)13-16-5-3-10-27(14-16)11-7-15-4-2-6-17(12-15)20(21,22)23/h2,4,6,8-9,12,16H,3,5,7,10-11,13-14H2,1H3,(H,24,25)/t16-/m0/s1. The maximum atomic E-state index is 12.9. The number of alkyl halides is 3. The first-order chi connectivity index (χ1) is 13.3. The molecule has 1 aromatic carbocycles. The van der Waals surface area contributed by atoms with Crippen LogP contribution < -0.4 is 0 Å². The van der Waals surface area contributed by atoms with E-state index < -0.39 is 11.7 Å². The number of halogens is 3. The van der Waals surface area contributed by atoms with Crippen LogP contribution in [0.2, 0.25) is 0 Å². The quantitative estimate of drug-likeness (QED) is 0.817. The zero-order chi connectivity index (χ0) is 20.1. The van der Waals surface area contributed by atoms with E-state index in [-0.39, 0.29) is 5.91 Å². The fourth-order valence-corrected chi connectivity index (χ4v) is 3.73. The fraction of sp³-hybridized carbons (Fsp3) is 0.500. The van der Waals surface area contributed by atoms with Gasteiger partial charge in [-0.2, -0.15) is 13.2 Å². The third kappa shape index (κ3) is 5.34. The lowest BCUT2D eigenvalue weighted by Crippen LogP contribution is -2.42. The van der Waals surface area contributed by atoms with E-state index in [2.05, 4.69) is 14.9 Å². The van der Waals surface area contributed by atoms with Crippen LogP contribution in [0.25, 0.3) is 0 Å². The molecule has 0 spiro atoms. The normalized spacial score (nSPS) is 18.2. The molecule has 3 rings (SSSR count). The minimum atomic E-state index is -4.31. The van der Waals surface area contributed by atoms with E-state index in [1.54, 1.807) is 30.4 Å². The highest BCUT2D eigenvalue weighted by atomic mass is 19.4. The van der Waals surface area contributed by atoms with E-state index in [0.29, 0.717) is 36.8 Å². The molecule has 1 amide bonds. The van der Waals surface area contributed by atoms with Crippen LogP contribution >= 0.6 is 0 Å². The predicted octanol–water partition coefficient (Wildman–Crippen LogP) is 3.46. The van der Waals surface area contributed by atoms with Crippen LogP contribution in [0, 0.1) is 5.92 Å². The van der Waals surface area contributed by atoms with E-state index in [4.69, 9.17) is 0 Å². The molecule has 0 saturated carbocycles. The minimum absolute atomic E-state index is 0.133. The van der Waals surface area contributed by atoms with Gasteiger partial charge in [0, 0.05) is 39.1 Å². The van der Waals surface area contributed by atoms with Gasteiger partial charge < -0.3 is 14.8 Å². The molecule has 1 fully saturated rings. The highest BCUT2D eigenvalue weighted by Gasteiger charge is 2.30. The SMILES string of the molecule is CN(C[C@@H]1CCCN(CCc2cccc(C(F)(F)F)c2)C1)C(=O)c1ncc[nH]1. The number of H-pyrrole nitrogens is 1. The molecule has 2 aromatic rings. The molecule has 1 aliphatic heterocycles. The van der Waals surface area contributed by atoms with Crippen molar-refractivity contribution in [2.24, 2.45) is 5.92 Å². The largest absolute Gasteiger partial charge is 0.416 e. The van der Waals surface area contributed by atoms with E-state index in [1.807, 2.05) is 0 Å². The molecular formula is C20H25F3N4O. The monoisotopic (exact) mass is 394 g/mol. The van der Waals surface area contributed by atoms with Gasteiger partial charge in [0.1, 0.15) is 0 Å². The number of aromatic amines is 1. The molecule has 5 nitrogen and oxygen atoms in total. The lowest BCUT2D eigenvalue weighted by atomic mass is 9.97. The summed E-state index contributed by atoms with van der Waals surface area (Å²) in [5.41, 5.74) is 0.0987. The Morgan fingerprint density at radius 1 is 1.39 bits per heavy atom. The zero-order valence-corrected chi connectivity index (χ0v) is 15.9. The molecule has 0 aliphatic carbocycles. The van der Waals surface area contributed by atoms with Crippen LogP contribution in [-0.2, 0) is 12.6 Å². The van der Waals surface area contributed by atoms with Crippen LogP contribution in [0.1, 0.15) is 34.6 Å². The molecule has 1 aliphatic rings. The van der Waals surface area contributed by atoms with E-state index in [0.717, 1.165) is 32.0 Å². The van der Waals surface area contributed by atoms with E-state index in [9.17, 15) is 18.0 Å². The second-order valence-corrected chi connectivity index (χ2v) is 7.38. The maximum absolute atomic E-state index is 12.9. The van der Waals surface area contributed by atoms with Gasteiger partial charge in [-0.3, -0.25) is 4.79 Å². The number of nitrogens with one attached hydrogen (secondary N) is 1. The third-order valence-corrected chi connectivity index (χ3v) is 5.15. The molecule has 0 bridgehead atoms. The Morgan fingerprint density at radius 2 is 2.21 bits per heavy atom. The third-order valence-electron chi connectivity index (χ3n) is 5.15. The number of imidazole rings is 1. The first-order valence-electron chi connectivity index (χ1n) is 9.46. The predicted molar refractivity (Wildman–Crippen MR) is 99.9 cm³/mol. The summed E-state index contributed by atoms with van der Waals surface area (Å²) in [6.45, 7) is 3.13. The van der Waals surface area contributed by atoms with Crippen molar-refractivity contribution >= 4 is 5.91 Å². The minimum Gasteiger partial charge on any atom is -0.341 e. The van der Waals surface area contributed by atoms with Gasteiger partial charge in [-0.1, -0.05) is 18.2 Å². The van der Waals surface area contributed by atoms with Gasteiger partial charge in [-0.05, 0) is 43.4 Å². The Bertz CT molecular complexity index is 776. The molecule has 2 heterocycles. The van der Waals surface area contributed by atoms with Crippen LogP contribution in [-0.4, -0.2) is 58.9 Å². The van der Waals surface area contributed by atoms with Crippen LogP contribution in [0.3, 0.4) is 0 Å². The topological polar surface area (TPSA) is 52.2 Å². The summed E-state index contributed by atoms with van der Waals surface area (Å²) in [4.78, 5) is 23.1. The van der Waals surface area contributed by atoms with Crippen molar-refractivity contribution in [1.82, 2.24) is 19.8 Å². The Labute approximate surface area is 162 Å². The highest BCUT2D eigenvalue weighted by molar-refractivity contribution is 5.90. The van der Waals surface area contributed by atoms with Crippen molar-refractivity contribution in [2.75, 3.05) is 33.2 Å². The number of hydrogen-bond donors (Lipinski definition) is 1. The lowest BCUT2D eigenvalue weighted by Gasteiger charge is -2.34. The van der Waals surface area contributed by atoms with Gasteiger partial charge in [0.25, 0.3) is 5.91 Å². The van der Waals surface area contributed by atoms with Gasteiger partial charge in [0.15, 0.2) is 5.82 Å². The van der Waals surface area contributed by atoms with Crippen molar-refractivity contribution in [3.05, 3.63) is 53.6 Å². The molecule has 1 aromatic heterocycles. The lowest BCUT2D eigenvalue weighted by molar-refractivity contribution is -0.137. The molecule has 0 unspecified atom stereocenters. The smallest absolute Gasteiger partial charge is 0.341 e. The zero-order valence-electron chi connectivity index (χ0n) is 15.9. The Kier molecular flexibility index (Phi) is 6.39. The molecule has 28 heavy (non-hydrogen) atoms. The number of likely N-dealkylation sites (tertiary alicyclic amines) is 1. The Morgan fingerprint density at radius 3 is 2.93 bits per heavy atom. The molecular weight excluding hydrogens is 369 g/mol. The summed E-state index contributed by atoms with van der Waals surface area (Å²) in [6, 6.07) is 5.54. The summed E-state index contributed by atoms with van der Waals surface area (Å²) in [5, 5.41) is 0. The number of nitrogens with zero attached hydrogens (tertiary/aromatic N) is 3. The van der Waals surface area contributed by atoms with Gasteiger partial charge in [0.2, 0.25) is 0 Å². The van der Waals surface area contributed by atoms with Gasteiger partial charge in [-0.15, -0.1) is 0 Å². The van der Waals surface area contributed by atoms with Crippen LogP contribution in [0.4, 0.5) is 13.2 Å². The van der Waals surface area contributed by atoms with Crippen LogP contribution in [0.5, 0.6) is 0 Å². The van der Waals surface area contributed by atoms with E-state index in [1.165, 1.54) is 12.1 Å². The van der Waals surface area contributed by atoms with Crippen LogP contribution in [0.15, 0.2) is 36.7 Å². The van der Waals surface area contributed by atoms with Crippen molar-refractivity contribution in [1.29, 1.82) is 0 Å². The number of benzene rings is 1. The van der Waals surface area contributed by atoms with Crippen molar-refractivity contribution in [3.63, 3.8) is 0 Å². The number of rotatable bonds is 6. The van der Waals surface area contributed by atoms with Crippen molar-refractivity contribution in [3.8, 4) is 0 Å². The van der Waals surface area contributed by atoms with Crippen molar-refractivity contribution in [2.45, 2.75) is 25.4 Å². The number of aromatic nitrogens is 2. The number of carbonyl (C=O) groups excluding carboxylic acids is 1. The molecule has 8 heteroatoms. The number of hydrogen-bond acceptors (Lipinski definition) is 3.